The van der Waals surface area contributed by atoms with Crippen molar-refractivity contribution in [3.8, 4) is 0 Å². The van der Waals surface area contributed by atoms with E-state index in [1.165, 1.54) is 10.3 Å². The number of nitrogens with zero attached hydrogens (tertiary/aromatic N) is 4. The van der Waals surface area contributed by atoms with Gasteiger partial charge in [-0.05, 0) is 30.3 Å². The smallest absolute Gasteiger partial charge is 0.331 e. The van der Waals surface area contributed by atoms with Gasteiger partial charge in [-0.25, -0.2) is 9.78 Å². The summed E-state index contributed by atoms with van der Waals surface area (Å²) < 4.78 is 1.49. The van der Waals surface area contributed by atoms with Crippen molar-refractivity contribution in [3.63, 3.8) is 0 Å². The molecule has 0 saturated carbocycles. The molecule has 27 heavy (non-hydrogen) atoms. The number of hydrogen-bond acceptors (Lipinski definition) is 6. The average Bonchev–Trinajstić information content (AvgIpc) is 3.12. The number of carbonyl (C=O) groups excluding carboxylic acids is 1. The summed E-state index contributed by atoms with van der Waals surface area (Å²) >= 11 is 0. The van der Waals surface area contributed by atoms with Crippen LogP contribution in [0.15, 0.2) is 42.7 Å². The van der Waals surface area contributed by atoms with Crippen LogP contribution >= 0.6 is 12.4 Å². The summed E-state index contributed by atoms with van der Waals surface area (Å²) in [6, 6.07) is 9.49. The molecule has 3 N–H and O–H groups in total. The maximum absolute atomic E-state index is 12.6. The Balaban J connectivity index is 0.00000210. The molecule has 0 aliphatic carbocycles. The zero-order valence-corrected chi connectivity index (χ0v) is 15.8. The van der Waals surface area contributed by atoms with Gasteiger partial charge in [-0.2, -0.15) is 4.98 Å². The highest BCUT2D eigenvalue weighted by Gasteiger charge is 2.13. The molecule has 1 aliphatic heterocycles. The second-order valence-electron chi connectivity index (χ2n) is 6.12. The lowest BCUT2D eigenvalue weighted by Gasteiger charge is -2.29. The maximum atomic E-state index is 12.6. The summed E-state index contributed by atoms with van der Waals surface area (Å²) in [7, 11) is 1.74. The maximum Gasteiger partial charge on any atom is 0.331 e. The van der Waals surface area contributed by atoms with Crippen molar-refractivity contribution in [2.75, 3.05) is 48.8 Å². The third-order valence-electron chi connectivity index (χ3n) is 4.47. The van der Waals surface area contributed by atoms with E-state index in [1.807, 2.05) is 30.3 Å². The Labute approximate surface area is 163 Å². The Morgan fingerprint density at radius 1 is 1.15 bits per heavy atom. The summed E-state index contributed by atoms with van der Waals surface area (Å²) in [5.74, 6) is 0.477. The number of amides is 1. The van der Waals surface area contributed by atoms with Crippen molar-refractivity contribution >= 4 is 46.8 Å². The van der Waals surface area contributed by atoms with Gasteiger partial charge in [0, 0.05) is 62.4 Å². The van der Waals surface area contributed by atoms with Crippen LogP contribution in [0, 0.1) is 0 Å². The molecule has 142 valence electrons. The van der Waals surface area contributed by atoms with Crippen LogP contribution in [-0.4, -0.2) is 53.8 Å². The summed E-state index contributed by atoms with van der Waals surface area (Å²) in [6.45, 7) is 3.98. The SMILES string of the molecule is CNc1ncc2ccn(C(=O)Nc3ccc(N4CCNCC4)cc3)c2n1.Cl. The molecule has 9 heteroatoms. The number of rotatable bonds is 3. The lowest BCUT2D eigenvalue weighted by atomic mass is 10.2. The molecule has 8 nitrogen and oxygen atoms in total. The molecule has 0 bridgehead atoms. The lowest BCUT2D eigenvalue weighted by molar-refractivity contribution is 0.254. The van der Waals surface area contributed by atoms with Crippen LogP contribution in [0.25, 0.3) is 11.0 Å². The highest BCUT2D eigenvalue weighted by molar-refractivity contribution is 5.97. The number of aromatic nitrogens is 3. The van der Waals surface area contributed by atoms with E-state index >= 15 is 0 Å². The topological polar surface area (TPSA) is 87.1 Å². The summed E-state index contributed by atoms with van der Waals surface area (Å²) in [4.78, 5) is 23.5. The largest absolute Gasteiger partial charge is 0.369 e. The highest BCUT2D eigenvalue weighted by atomic mass is 35.5. The number of nitrogens with one attached hydrogen (secondary N) is 3. The zero-order chi connectivity index (χ0) is 17.9. The third-order valence-corrected chi connectivity index (χ3v) is 4.47. The van der Waals surface area contributed by atoms with Gasteiger partial charge in [-0.15, -0.1) is 12.4 Å². The normalized spacial score (nSPS) is 13.9. The molecule has 0 unspecified atom stereocenters. The van der Waals surface area contributed by atoms with Gasteiger partial charge in [0.25, 0.3) is 0 Å². The van der Waals surface area contributed by atoms with Gasteiger partial charge in [0.1, 0.15) is 0 Å². The van der Waals surface area contributed by atoms with E-state index < -0.39 is 0 Å². The molecule has 1 fully saturated rings. The Morgan fingerprint density at radius 2 is 1.89 bits per heavy atom. The molecule has 3 aromatic rings. The van der Waals surface area contributed by atoms with E-state index in [9.17, 15) is 4.79 Å². The second-order valence-corrected chi connectivity index (χ2v) is 6.12. The molecular formula is C18H22ClN7O. The molecule has 2 aromatic heterocycles. The van der Waals surface area contributed by atoms with Crippen molar-refractivity contribution in [1.82, 2.24) is 19.9 Å². The second kappa shape index (κ2) is 8.24. The molecule has 1 saturated heterocycles. The molecule has 4 rings (SSSR count). The molecule has 0 atom stereocenters. The zero-order valence-electron chi connectivity index (χ0n) is 15.0. The van der Waals surface area contributed by atoms with E-state index in [0.717, 1.165) is 37.3 Å². The first-order valence-electron chi connectivity index (χ1n) is 8.63. The Hall–Kier alpha value is -2.84. The number of anilines is 3. The molecule has 3 heterocycles. The van der Waals surface area contributed by atoms with Crippen molar-refractivity contribution in [2.45, 2.75) is 0 Å². The third kappa shape index (κ3) is 3.96. The Kier molecular flexibility index (Phi) is 5.78. The van der Waals surface area contributed by atoms with Crippen molar-refractivity contribution in [3.05, 3.63) is 42.7 Å². The average molecular weight is 388 g/mol. The first kappa shape index (κ1) is 18.9. The number of hydrogen-bond donors (Lipinski definition) is 3. The van der Waals surface area contributed by atoms with Crippen molar-refractivity contribution in [1.29, 1.82) is 0 Å². The molecule has 1 aliphatic rings. The fraction of sp³-hybridized carbons (Fsp3) is 0.278. The number of benzene rings is 1. The summed E-state index contributed by atoms with van der Waals surface area (Å²) in [5, 5.41) is 9.96. The van der Waals surface area contributed by atoms with Gasteiger partial charge >= 0.3 is 6.03 Å². The summed E-state index contributed by atoms with van der Waals surface area (Å²) in [6.07, 6.45) is 3.39. The van der Waals surface area contributed by atoms with Crippen LogP contribution in [0.3, 0.4) is 0 Å². The fourth-order valence-electron chi connectivity index (χ4n) is 3.06. The first-order chi connectivity index (χ1) is 12.7. The Morgan fingerprint density at radius 3 is 2.59 bits per heavy atom. The predicted molar refractivity (Wildman–Crippen MR) is 110 cm³/mol. The molecule has 0 spiro atoms. The van der Waals surface area contributed by atoms with E-state index in [1.54, 1.807) is 19.4 Å². The first-order valence-corrected chi connectivity index (χ1v) is 8.63. The van der Waals surface area contributed by atoms with E-state index in [0.29, 0.717) is 11.6 Å². The standard InChI is InChI=1S/C18H21N7O.ClH/c1-19-17-21-12-13-6-9-25(16(13)23-17)18(26)22-14-2-4-15(5-3-14)24-10-7-20-8-11-24;/h2-6,9,12,20H,7-8,10-11H2,1H3,(H,22,26)(H,19,21,23);1H. The van der Waals surface area contributed by atoms with Gasteiger partial charge in [-0.3, -0.25) is 4.57 Å². The number of halogens is 1. The molecule has 1 amide bonds. The van der Waals surface area contributed by atoms with Gasteiger partial charge in [0.05, 0.1) is 0 Å². The lowest BCUT2D eigenvalue weighted by Crippen LogP contribution is -2.43. The summed E-state index contributed by atoms with van der Waals surface area (Å²) in [5.41, 5.74) is 2.49. The van der Waals surface area contributed by atoms with Crippen LogP contribution in [0.2, 0.25) is 0 Å². The van der Waals surface area contributed by atoms with Gasteiger partial charge < -0.3 is 20.9 Å². The fourth-order valence-corrected chi connectivity index (χ4v) is 3.06. The van der Waals surface area contributed by atoms with Crippen LogP contribution < -0.4 is 20.9 Å². The molecule has 0 radical (unpaired) electrons. The van der Waals surface area contributed by atoms with Crippen LogP contribution in [0.1, 0.15) is 0 Å². The Bertz CT molecular complexity index is 919. The highest BCUT2D eigenvalue weighted by Crippen LogP contribution is 2.19. The van der Waals surface area contributed by atoms with E-state index in [4.69, 9.17) is 0 Å². The quantitative estimate of drug-likeness (QED) is 0.639. The van der Waals surface area contributed by atoms with Crippen molar-refractivity contribution in [2.24, 2.45) is 0 Å². The minimum Gasteiger partial charge on any atom is -0.369 e. The monoisotopic (exact) mass is 387 g/mol. The molecular weight excluding hydrogens is 366 g/mol. The van der Waals surface area contributed by atoms with Gasteiger partial charge in [0.15, 0.2) is 5.65 Å². The predicted octanol–water partition coefficient (Wildman–Crippen LogP) is 2.38. The van der Waals surface area contributed by atoms with Crippen LogP contribution in [0.4, 0.5) is 22.1 Å². The minimum absolute atomic E-state index is 0. The van der Waals surface area contributed by atoms with Crippen LogP contribution in [0.5, 0.6) is 0 Å². The van der Waals surface area contributed by atoms with Crippen molar-refractivity contribution < 1.29 is 4.79 Å². The van der Waals surface area contributed by atoms with E-state index in [2.05, 4.69) is 30.8 Å². The number of piperazine rings is 1. The van der Waals surface area contributed by atoms with Gasteiger partial charge in [-0.1, -0.05) is 0 Å². The number of fused-ring (bicyclic) bond motifs is 1. The van der Waals surface area contributed by atoms with Gasteiger partial charge in [0.2, 0.25) is 5.95 Å². The minimum atomic E-state index is -0.254. The number of carbonyl (C=O) groups is 1. The van der Waals surface area contributed by atoms with Crippen LogP contribution in [-0.2, 0) is 0 Å². The molecule has 1 aromatic carbocycles. The van der Waals surface area contributed by atoms with E-state index in [-0.39, 0.29) is 18.4 Å².